The molecule has 0 bridgehead atoms. The molecular weight excluding hydrogens is 250 g/mol. The summed E-state index contributed by atoms with van der Waals surface area (Å²) in [6.45, 7) is 0.00827. The normalized spacial score (nSPS) is 9.36. The van der Waals surface area contributed by atoms with E-state index in [0.717, 1.165) is 0 Å². The lowest BCUT2D eigenvalue weighted by Crippen LogP contribution is -2.04. The molecule has 14 heavy (non-hydrogen) atoms. The molecule has 0 aromatic carbocycles. The quantitative estimate of drug-likeness (QED) is 0.868. The fourth-order valence-electron chi connectivity index (χ4n) is 0.705. The van der Waals surface area contributed by atoms with Crippen LogP contribution in [0.4, 0.5) is 5.69 Å². The molecule has 1 aromatic rings. The van der Waals surface area contributed by atoms with Crippen LogP contribution in [0.15, 0.2) is 6.20 Å². The Bertz CT molecular complexity index is 309. The largest absolute Gasteiger partial charge is 0.474 e. The van der Waals surface area contributed by atoms with Crippen LogP contribution >= 0.6 is 35.6 Å². The van der Waals surface area contributed by atoms with Crippen LogP contribution in [0.3, 0.4) is 0 Å². The Morgan fingerprint density at radius 3 is 2.71 bits per heavy atom. The third kappa shape index (κ3) is 3.06. The molecule has 0 amide bonds. The Morgan fingerprint density at radius 2 is 2.14 bits per heavy atom. The predicted octanol–water partition coefficient (Wildman–Crippen LogP) is 1.76. The van der Waals surface area contributed by atoms with E-state index in [9.17, 15) is 0 Å². The van der Waals surface area contributed by atoms with E-state index < -0.39 is 0 Å². The molecule has 0 unspecified atom stereocenters. The fraction of sp³-hybridized carbons (Fsp3) is 0.286. The van der Waals surface area contributed by atoms with Crippen LogP contribution < -0.4 is 10.5 Å². The maximum Gasteiger partial charge on any atom is 0.234 e. The fourth-order valence-corrected chi connectivity index (χ4v) is 1.10. The summed E-state index contributed by atoms with van der Waals surface area (Å²) < 4.78 is 4.99. The molecule has 0 radical (unpaired) electrons. The number of rotatable bonds is 3. The van der Waals surface area contributed by atoms with E-state index in [1.165, 1.54) is 6.20 Å². The van der Waals surface area contributed by atoms with Crippen LogP contribution in [-0.2, 0) is 0 Å². The van der Waals surface area contributed by atoms with Gasteiger partial charge in [-0.1, -0.05) is 23.2 Å². The average molecular weight is 260 g/mol. The van der Waals surface area contributed by atoms with Gasteiger partial charge in [-0.3, -0.25) is 0 Å². The second-order valence-electron chi connectivity index (χ2n) is 2.21. The second kappa shape index (κ2) is 6.14. The lowest BCUT2D eigenvalue weighted by atomic mass is 10.4. The van der Waals surface area contributed by atoms with Crippen molar-refractivity contribution in [2.45, 2.75) is 0 Å². The lowest BCUT2D eigenvalue weighted by Gasteiger charge is -2.07. The highest BCUT2D eigenvalue weighted by molar-refractivity contribution is 6.39. The monoisotopic (exact) mass is 258 g/mol. The highest BCUT2D eigenvalue weighted by Gasteiger charge is 2.09. The smallest absolute Gasteiger partial charge is 0.234 e. The summed E-state index contributed by atoms with van der Waals surface area (Å²) in [6.07, 6.45) is 1.34. The van der Waals surface area contributed by atoms with Crippen LogP contribution in [0, 0.1) is 0 Å². The van der Waals surface area contributed by atoms with E-state index in [0.29, 0.717) is 0 Å². The molecule has 0 aliphatic rings. The van der Waals surface area contributed by atoms with Crippen molar-refractivity contribution in [3.63, 3.8) is 0 Å². The van der Waals surface area contributed by atoms with Gasteiger partial charge in [0.15, 0.2) is 0 Å². The highest BCUT2D eigenvalue weighted by Crippen LogP contribution is 2.32. The first kappa shape index (κ1) is 13.6. The number of nitrogen functional groups attached to an aromatic ring is 1. The zero-order valence-corrected chi connectivity index (χ0v) is 9.36. The molecule has 80 valence electrons. The minimum atomic E-state index is -0.111. The Kier molecular flexibility index (Phi) is 5.95. The van der Waals surface area contributed by atoms with Gasteiger partial charge in [-0.25, -0.2) is 4.98 Å². The molecule has 7 heteroatoms. The van der Waals surface area contributed by atoms with Crippen molar-refractivity contribution in [3.05, 3.63) is 16.2 Å². The first-order valence-corrected chi connectivity index (χ1v) is 4.25. The zero-order valence-electron chi connectivity index (χ0n) is 7.04. The van der Waals surface area contributed by atoms with Crippen molar-refractivity contribution in [1.29, 1.82) is 0 Å². The van der Waals surface area contributed by atoms with Crippen LogP contribution in [0.1, 0.15) is 0 Å². The number of nitrogens with two attached hydrogens (primary N) is 1. The molecule has 1 aromatic heterocycles. The third-order valence-electron chi connectivity index (χ3n) is 1.31. The van der Waals surface area contributed by atoms with Gasteiger partial charge in [0.05, 0.1) is 23.5 Å². The van der Waals surface area contributed by atoms with Gasteiger partial charge in [0.1, 0.15) is 11.6 Å². The molecule has 0 atom stereocenters. The SMILES string of the molecule is Cl.Nc1c(Cl)cnc(OCCO)c1Cl. The second-order valence-corrected chi connectivity index (χ2v) is 3.00. The van der Waals surface area contributed by atoms with E-state index in [2.05, 4.69) is 4.98 Å². The highest BCUT2D eigenvalue weighted by atomic mass is 35.5. The van der Waals surface area contributed by atoms with Gasteiger partial charge in [-0.15, -0.1) is 12.4 Å². The summed E-state index contributed by atoms with van der Waals surface area (Å²) in [4.78, 5) is 3.80. The van der Waals surface area contributed by atoms with Gasteiger partial charge >= 0.3 is 0 Å². The Morgan fingerprint density at radius 1 is 1.50 bits per heavy atom. The van der Waals surface area contributed by atoms with Gasteiger partial charge in [0.25, 0.3) is 0 Å². The van der Waals surface area contributed by atoms with Gasteiger partial charge < -0.3 is 15.6 Å². The maximum absolute atomic E-state index is 8.49. The number of anilines is 1. The third-order valence-corrected chi connectivity index (χ3v) is 1.97. The summed E-state index contributed by atoms with van der Waals surface area (Å²) in [5.74, 6) is 0.178. The van der Waals surface area contributed by atoms with Crippen molar-refractivity contribution in [2.24, 2.45) is 0 Å². The lowest BCUT2D eigenvalue weighted by molar-refractivity contribution is 0.197. The topological polar surface area (TPSA) is 68.4 Å². The van der Waals surface area contributed by atoms with Crippen molar-refractivity contribution in [3.8, 4) is 5.88 Å². The molecule has 3 N–H and O–H groups in total. The van der Waals surface area contributed by atoms with Gasteiger partial charge in [0, 0.05) is 0 Å². The number of hydrogen-bond donors (Lipinski definition) is 2. The minimum Gasteiger partial charge on any atom is -0.474 e. The summed E-state index contributed by atoms with van der Waals surface area (Å²) >= 11 is 11.4. The van der Waals surface area contributed by atoms with Crippen LogP contribution in [-0.4, -0.2) is 23.3 Å². The molecule has 0 saturated heterocycles. The first-order chi connectivity index (χ1) is 6.16. The van der Waals surface area contributed by atoms with Crippen LogP contribution in [0.2, 0.25) is 10.0 Å². The maximum atomic E-state index is 8.49. The van der Waals surface area contributed by atoms with Crippen molar-refractivity contribution in [1.82, 2.24) is 4.98 Å². The summed E-state index contributed by atoms with van der Waals surface area (Å²) in [5, 5.41) is 8.94. The Balaban J connectivity index is 0.00000169. The summed E-state index contributed by atoms with van der Waals surface area (Å²) in [7, 11) is 0. The predicted molar refractivity (Wildman–Crippen MR) is 58.5 cm³/mol. The van der Waals surface area contributed by atoms with E-state index in [4.69, 9.17) is 38.8 Å². The van der Waals surface area contributed by atoms with Gasteiger partial charge in [-0.2, -0.15) is 0 Å². The molecule has 1 rings (SSSR count). The first-order valence-electron chi connectivity index (χ1n) is 3.50. The molecular formula is C7H9Cl3N2O2. The van der Waals surface area contributed by atoms with Crippen LogP contribution in [0.5, 0.6) is 5.88 Å². The number of aromatic nitrogens is 1. The van der Waals surface area contributed by atoms with Gasteiger partial charge in [-0.05, 0) is 0 Å². The molecule has 0 aliphatic heterocycles. The molecule has 4 nitrogen and oxygen atoms in total. The number of pyridine rings is 1. The minimum absolute atomic E-state index is 0. The molecule has 0 saturated carbocycles. The molecule has 0 spiro atoms. The average Bonchev–Trinajstić information content (AvgIpc) is 2.13. The number of aliphatic hydroxyl groups excluding tert-OH is 1. The Hall–Kier alpha value is -0.420. The van der Waals surface area contributed by atoms with Crippen molar-refractivity contribution >= 4 is 41.3 Å². The summed E-state index contributed by atoms with van der Waals surface area (Å²) in [5.41, 5.74) is 5.74. The van der Waals surface area contributed by atoms with E-state index in [-0.39, 0.29) is 47.2 Å². The number of nitrogens with zero attached hydrogens (tertiary/aromatic N) is 1. The molecule has 1 heterocycles. The van der Waals surface area contributed by atoms with Crippen molar-refractivity contribution < 1.29 is 9.84 Å². The Labute approximate surface area is 97.4 Å². The molecule has 0 aliphatic carbocycles. The van der Waals surface area contributed by atoms with E-state index >= 15 is 0 Å². The van der Waals surface area contributed by atoms with E-state index in [1.807, 2.05) is 0 Å². The van der Waals surface area contributed by atoms with E-state index in [1.54, 1.807) is 0 Å². The number of halogens is 3. The zero-order chi connectivity index (χ0) is 9.84. The number of aliphatic hydroxyl groups is 1. The standard InChI is InChI=1S/C7H8Cl2N2O2.ClH/c8-4-3-11-7(13-2-1-12)5(9)6(4)10;/h3,12H,1-2H2,(H2,10,11);1H. The van der Waals surface area contributed by atoms with Crippen molar-refractivity contribution in [2.75, 3.05) is 18.9 Å². The van der Waals surface area contributed by atoms with Crippen LogP contribution in [0.25, 0.3) is 0 Å². The van der Waals surface area contributed by atoms with Gasteiger partial charge in [0.2, 0.25) is 5.88 Å². The number of ether oxygens (including phenoxy) is 1. The summed E-state index contributed by atoms with van der Waals surface area (Å²) in [6, 6.07) is 0. The number of hydrogen-bond acceptors (Lipinski definition) is 4. The molecule has 0 fully saturated rings.